The molecule has 1 aromatic carbocycles. The highest BCUT2D eigenvalue weighted by Gasteiger charge is 2.58. The van der Waals surface area contributed by atoms with Crippen LogP contribution in [0.3, 0.4) is 0 Å². The van der Waals surface area contributed by atoms with Crippen molar-refractivity contribution in [3.8, 4) is 5.75 Å². The molecule has 2 saturated carbocycles. The quantitative estimate of drug-likeness (QED) is 0.530. The molecule has 2 heteroatoms. The van der Waals surface area contributed by atoms with Crippen molar-refractivity contribution >= 4 is 5.78 Å². The fourth-order valence-electron chi connectivity index (χ4n) is 8.03. The van der Waals surface area contributed by atoms with Crippen LogP contribution in [0.4, 0.5) is 0 Å². The van der Waals surface area contributed by atoms with Crippen LogP contribution in [0.15, 0.2) is 48.1 Å². The van der Waals surface area contributed by atoms with Crippen LogP contribution in [-0.4, -0.2) is 12.4 Å². The fraction of sp³-hybridized carbons (Fsp3) is 0.621. The Kier molecular flexibility index (Phi) is 5.19. The molecule has 4 aliphatic rings. The summed E-state index contributed by atoms with van der Waals surface area (Å²) < 4.78 is 6.29. The summed E-state index contributed by atoms with van der Waals surface area (Å²) in [5.74, 6) is 4.79. The number of hydrogen-bond donors (Lipinski definition) is 0. The Balaban J connectivity index is 1.34. The molecule has 0 saturated heterocycles. The van der Waals surface area contributed by atoms with Gasteiger partial charge in [-0.25, -0.2) is 0 Å². The smallest absolute Gasteiger partial charge is 0.156 e. The molecule has 4 aliphatic carbocycles. The molecule has 7 atom stereocenters. The number of rotatable bonds is 4. The maximum atomic E-state index is 12.0. The molecule has 0 N–H and O–H groups in total. The first-order chi connectivity index (χ1) is 14.8. The second-order valence-corrected chi connectivity index (χ2v) is 11.4. The van der Waals surface area contributed by atoms with Gasteiger partial charge in [0.05, 0.1) is 6.61 Å². The molecule has 0 aromatic heterocycles. The minimum atomic E-state index is 0.201. The monoisotopic (exact) mass is 418 g/mol. The molecule has 2 fully saturated rings. The van der Waals surface area contributed by atoms with E-state index in [1.165, 1.54) is 36.8 Å². The van der Waals surface area contributed by atoms with E-state index in [4.69, 9.17) is 4.74 Å². The van der Waals surface area contributed by atoms with Crippen molar-refractivity contribution in [3.05, 3.63) is 53.6 Å². The Morgan fingerprint density at radius 2 is 1.90 bits per heavy atom. The predicted molar refractivity (Wildman–Crippen MR) is 126 cm³/mol. The Hall–Kier alpha value is -1.83. The Bertz CT molecular complexity index is 926. The van der Waals surface area contributed by atoms with Gasteiger partial charge in [0.2, 0.25) is 0 Å². The van der Waals surface area contributed by atoms with Gasteiger partial charge in [-0.15, -0.1) is 0 Å². The molecular formula is C29H38O2. The summed E-state index contributed by atoms with van der Waals surface area (Å²) in [5, 5.41) is 0. The zero-order valence-corrected chi connectivity index (χ0v) is 19.7. The molecule has 0 heterocycles. The number of allylic oxidation sites excluding steroid dienone is 4. The van der Waals surface area contributed by atoms with Crippen LogP contribution >= 0.6 is 0 Å². The van der Waals surface area contributed by atoms with E-state index >= 15 is 0 Å². The summed E-state index contributed by atoms with van der Waals surface area (Å²) in [6.07, 6.45) is 13.8. The van der Waals surface area contributed by atoms with E-state index in [2.05, 4.69) is 64.1 Å². The Labute approximate surface area is 188 Å². The van der Waals surface area contributed by atoms with Crippen molar-refractivity contribution in [1.82, 2.24) is 0 Å². The van der Waals surface area contributed by atoms with Gasteiger partial charge in [-0.05, 0) is 103 Å². The van der Waals surface area contributed by atoms with Gasteiger partial charge in [0, 0.05) is 6.42 Å². The summed E-state index contributed by atoms with van der Waals surface area (Å²) in [7, 11) is 0. The maximum Gasteiger partial charge on any atom is 0.156 e. The largest absolute Gasteiger partial charge is 0.493 e. The van der Waals surface area contributed by atoms with Crippen LogP contribution in [0.1, 0.15) is 64.9 Å². The first kappa shape index (κ1) is 21.0. The van der Waals surface area contributed by atoms with Gasteiger partial charge in [-0.2, -0.15) is 0 Å². The lowest BCUT2D eigenvalue weighted by Crippen LogP contribution is -2.49. The summed E-state index contributed by atoms with van der Waals surface area (Å²) in [5.41, 5.74) is 3.14. The number of fused-ring (bicyclic) bond motifs is 5. The molecule has 0 radical (unpaired) electrons. The number of aryl methyl sites for hydroxylation is 1. The molecule has 2 nitrogen and oxygen atoms in total. The van der Waals surface area contributed by atoms with Crippen LogP contribution in [0.25, 0.3) is 0 Å². The molecule has 166 valence electrons. The van der Waals surface area contributed by atoms with E-state index in [9.17, 15) is 4.79 Å². The lowest BCUT2D eigenvalue weighted by Gasteiger charge is -2.56. The molecule has 5 rings (SSSR count). The van der Waals surface area contributed by atoms with Crippen molar-refractivity contribution in [2.45, 2.75) is 66.2 Å². The van der Waals surface area contributed by atoms with E-state index in [0.717, 1.165) is 37.0 Å². The van der Waals surface area contributed by atoms with Crippen LogP contribution < -0.4 is 4.74 Å². The molecule has 1 unspecified atom stereocenters. The standard InChI is InChI=1S/C29H38O2/c1-19-7-5-6-8-27(19)31-18-20(2)24-11-12-25-23-10-9-21-17-22(30)13-15-28(21,3)26(23)14-16-29(24,25)4/h5-10,17,20,23-26H,11-16,18H2,1-4H3/t20?,23-,24+,25-,26-,28-,29+/m0/s1. The van der Waals surface area contributed by atoms with Crippen LogP contribution in [-0.2, 0) is 4.79 Å². The average molecular weight is 419 g/mol. The van der Waals surface area contributed by atoms with Gasteiger partial charge in [-0.1, -0.05) is 51.1 Å². The third-order valence-electron chi connectivity index (χ3n) is 9.87. The zero-order chi connectivity index (χ0) is 21.8. The van der Waals surface area contributed by atoms with Crippen LogP contribution in [0.2, 0.25) is 0 Å². The van der Waals surface area contributed by atoms with Crippen LogP contribution in [0, 0.1) is 47.3 Å². The predicted octanol–water partition coefficient (Wildman–Crippen LogP) is 6.93. The number of ether oxygens (including phenoxy) is 1. The third kappa shape index (κ3) is 3.33. The van der Waals surface area contributed by atoms with Crippen molar-refractivity contribution in [2.75, 3.05) is 6.61 Å². The van der Waals surface area contributed by atoms with Crippen LogP contribution in [0.5, 0.6) is 5.75 Å². The molecule has 0 amide bonds. The first-order valence-corrected chi connectivity index (χ1v) is 12.4. The molecule has 1 aromatic rings. The van der Waals surface area contributed by atoms with Gasteiger partial charge in [-0.3, -0.25) is 4.79 Å². The SMILES string of the molecule is Cc1ccccc1OCC(C)[C@H]1CC[C@H]2[C@@H]3C=CC4=CC(=O)CC[C@]4(C)[C@H]3CC[C@]12C. The van der Waals surface area contributed by atoms with Gasteiger partial charge in [0.25, 0.3) is 0 Å². The molecular weight excluding hydrogens is 380 g/mol. The number of carbonyl (C=O) groups is 1. The second kappa shape index (κ2) is 7.64. The minimum Gasteiger partial charge on any atom is -0.493 e. The van der Waals surface area contributed by atoms with Crippen molar-refractivity contribution in [1.29, 1.82) is 0 Å². The van der Waals surface area contributed by atoms with Gasteiger partial charge in [0.1, 0.15) is 5.75 Å². The zero-order valence-electron chi connectivity index (χ0n) is 19.7. The minimum absolute atomic E-state index is 0.201. The lowest BCUT2D eigenvalue weighted by atomic mass is 9.48. The fourth-order valence-corrected chi connectivity index (χ4v) is 8.03. The topological polar surface area (TPSA) is 26.3 Å². The Morgan fingerprint density at radius 3 is 2.71 bits per heavy atom. The molecule has 0 spiro atoms. The van der Waals surface area contributed by atoms with E-state index in [1.54, 1.807) is 0 Å². The van der Waals surface area contributed by atoms with Crippen molar-refractivity contribution in [3.63, 3.8) is 0 Å². The summed E-state index contributed by atoms with van der Waals surface area (Å²) >= 11 is 0. The summed E-state index contributed by atoms with van der Waals surface area (Å²) in [6.45, 7) is 10.4. The van der Waals surface area contributed by atoms with E-state index in [-0.39, 0.29) is 5.41 Å². The number of hydrogen-bond acceptors (Lipinski definition) is 2. The number of benzene rings is 1. The maximum absolute atomic E-state index is 12.0. The highest BCUT2D eigenvalue weighted by atomic mass is 16.5. The number of carbonyl (C=O) groups excluding carboxylic acids is 1. The lowest BCUT2D eigenvalue weighted by molar-refractivity contribution is -0.116. The molecule has 31 heavy (non-hydrogen) atoms. The average Bonchev–Trinajstić information content (AvgIpc) is 3.11. The third-order valence-corrected chi connectivity index (χ3v) is 9.87. The van der Waals surface area contributed by atoms with Gasteiger partial charge < -0.3 is 4.74 Å². The summed E-state index contributed by atoms with van der Waals surface area (Å²) in [6, 6.07) is 8.37. The highest BCUT2D eigenvalue weighted by Crippen LogP contribution is 2.66. The van der Waals surface area contributed by atoms with Gasteiger partial charge >= 0.3 is 0 Å². The van der Waals surface area contributed by atoms with E-state index in [0.29, 0.717) is 29.0 Å². The molecule has 0 bridgehead atoms. The van der Waals surface area contributed by atoms with Gasteiger partial charge in [0.15, 0.2) is 5.78 Å². The first-order valence-electron chi connectivity index (χ1n) is 12.4. The van der Waals surface area contributed by atoms with Crippen molar-refractivity contribution < 1.29 is 9.53 Å². The normalized spacial score (nSPS) is 39.9. The molecule has 0 aliphatic heterocycles. The number of ketones is 1. The van der Waals surface area contributed by atoms with E-state index in [1.807, 2.05) is 6.08 Å². The highest BCUT2D eigenvalue weighted by molar-refractivity contribution is 5.92. The Morgan fingerprint density at radius 1 is 1.10 bits per heavy atom. The number of para-hydroxylation sites is 1. The van der Waals surface area contributed by atoms with E-state index < -0.39 is 0 Å². The second-order valence-electron chi connectivity index (χ2n) is 11.4. The van der Waals surface area contributed by atoms with Crippen molar-refractivity contribution in [2.24, 2.45) is 40.4 Å². The summed E-state index contributed by atoms with van der Waals surface area (Å²) in [4.78, 5) is 12.0.